The maximum absolute atomic E-state index is 7.02. The van der Waals surface area contributed by atoms with Crippen molar-refractivity contribution >= 4 is 99.7 Å². The smallest absolute Gasteiger partial charge is 0.333 e. The molecule has 294 valence electrons. The van der Waals surface area contributed by atoms with Gasteiger partial charge in [-0.05, 0) is 99.1 Å². The Balaban J connectivity index is 1.26. The van der Waals surface area contributed by atoms with Crippen LogP contribution < -0.4 is 20.6 Å². The summed E-state index contributed by atoms with van der Waals surface area (Å²) in [6.07, 6.45) is 0. The topological polar surface area (TPSA) is 19.6 Å². The zero-order chi connectivity index (χ0) is 41.4. The Morgan fingerprint density at radius 2 is 1.16 bits per heavy atom. The molecule has 0 unspecified atom stereocenters. The molecule has 0 spiro atoms. The molecule has 0 atom stereocenters. The van der Waals surface area contributed by atoms with Crippen LogP contribution in [-0.4, -0.2) is 6.85 Å². The summed E-state index contributed by atoms with van der Waals surface area (Å²) in [5.74, 6) is 0. The third kappa shape index (κ3) is 5.43. The first-order chi connectivity index (χ1) is 29.5. The zero-order valence-electron chi connectivity index (χ0n) is 35.4. The summed E-state index contributed by atoms with van der Waals surface area (Å²) in [4.78, 5) is 5.21. The molecule has 0 bridgehead atoms. The number of benzene rings is 8. The standard InChI is InChI=1S/C56H45BN2OS/c1-55(2,3)35-24-27-37(28-25-35)59-46-21-13-10-20-40(46)52-53-48(32-43-38-18-11-14-22-49(38)60-54(43)52)58(45-29-26-36(56(4,5)6)30-41(45)34-16-8-7-9-17-34)47-31-42-39-19-12-15-23-50(39)61-51(42)33-44(47)57(53)59/h7-33H,1-6H3. The van der Waals surface area contributed by atoms with Gasteiger partial charge in [-0.2, -0.15) is 0 Å². The molecule has 0 radical (unpaired) electrons. The van der Waals surface area contributed by atoms with Crippen LogP contribution in [0.25, 0.3) is 64.4 Å². The predicted molar refractivity (Wildman–Crippen MR) is 263 cm³/mol. The molecule has 2 aliphatic rings. The lowest BCUT2D eigenvalue weighted by Gasteiger charge is -2.46. The molecule has 4 heterocycles. The van der Waals surface area contributed by atoms with E-state index in [0.29, 0.717) is 0 Å². The first-order valence-electron chi connectivity index (χ1n) is 21.5. The Hall–Kier alpha value is -6.56. The van der Waals surface area contributed by atoms with E-state index >= 15 is 0 Å². The van der Waals surface area contributed by atoms with Gasteiger partial charge in [0.15, 0.2) is 0 Å². The van der Waals surface area contributed by atoms with E-state index in [-0.39, 0.29) is 17.7 Å². The Morgan fingerprint density at radius 1 is 0.492 bits per heavy atom. The van der Waals surface area contributed by atoms with Crippen molar-refractivity contribution in [2.45, 2.75) is 52.4 Å². The van der Waals surface area contributed by atoms with Crippen LogP contribution in [0, 0.1) is 0 Å². The zero-order valence-corrected chi connectivity index (χ0v) is 36.2. The molecule has 3 nitrogen and oxygen atoms in total. The van der Waals surface area contributed by atoms with Crippen LogP contribution in [0.2, 0.25) is 0 Å². The van der Waals surface area contributed by atoms with Crippen molar-refractivity contribution in [3.63, 3.8) is 0 Å². The predicted octanol–water partition coefficient (Wildman–Crippen LogP) is 14.9. The summed E-state index contributed by atoms with van der Waals surface area (Å²) in [5.41, 5.74) is 17.7. The summed E-state index contributed by atoms with van der Waals surface area (Å²) in [6, 6.07) is 61.3. The number of nitrogens with zero attached hydrogens (tertiary/aromatic N) is 2. The van der Waals surface area contributed by atoms with Crippen molar-refractivity contribution in [3.8, 4) is 22.3 Å². The number of thiophene rings is 1. The molecular weight excluding hydrogens is 760 g/mol. The van der Waals surface area contributed by atoms with Crippen LogP contribution in [0.4, 0.5) is 28.4 Å². The van der Waals surface area contributed by atoms with Crippen LogP contribution in [0.15, 0.2) is 168 Å². The number of rotatable bonds is 3. The van der Waals surface area contributed by atoms with E-state index < -0.39 is 0 Å². The summed E-state index contributed by atoms with van der Waals surface area (Å²) in [7, 11) is 0. The summed E-state index contributed by atoms with van der Waals surface area (Å²) < 4.78 is 9.62. The Morgan fingerprint density at radius 3 is 1.95 bits per heavy atom. The highest BCUT2D eigenvalue weighted by Crippen LogP contribution is 2.53. The van der Waals surface area contributed by atoms with Gasteiger partial charge >= 0.3 is 6.85 Å². The maximum atomic E-state index is 7.02. The fraction of sp³-hybridized carbons (Fsp3) is 0.143. The van der Waals surface area contributed by atoms with Crippen LogP contribution >= 0.6 is 11.3 Å². The molecular formula is C56H45BN2OS. The van der Waals surface area contributed by atoms with E-state index in [0.717, 1.165) is 27.6 Å². The first kappa shape index (κ1) is 36.3. The van der Waals surface area contributed by atoms with E-state index in [9.17, 15) is 0 Å². The normalized spacial score (nSPS) is 13.6. The minimum atomic E-state index is -0.145. The lowest BCUT2D eigenvalue weighted by molar-refractivity contribution is 0.590. The average molecular weight is 805 g/mol. The highest BCUT2D eigenvalue weighted by atomic mass is 32.1. The van der Waals surface area contributed by atoms with Gasteiger partial charge in [-0.1, -0.05) is 145 Å². The second kappa shape index (κ2) is 13.0. The van der Waals surface area contributed by atoms with Crippen molar-refractivity contribution in [1.29, 1.82) is 0 Å². The molecule has 61 heavy (non-hydrogen) atoms. The second-order valence-corrected chi connectivity index (χ2v) is 20.0. The molecule has 0 saturated heterocycles. The van der Waals surface area contributed by atoms with Crippen molar-refractivity contribution in [3.05, 3.63) is 175 Å². The summed E-state index contributed by atoms with van der Waals surface area (Å²) >= 11 is 1.89. The van der Waals surface area contributed by atoms with Gasteiger partial charge in [0.2, 0.25) is 0 Å². The average Bonchev–Trinajstić information content (AvgIpc) is 3.83. The van der Waals surface area contributed by atoms with Gasteiger partial charge in [0.25, 0.3) is 0 Å². The molecule has 8 aromatic carbocycles. The minimum absolute atomic E-state index is 0.0325. The SMILES string of the molecule is CC(C)(C)c1ccc(N2B3c4cc5sc6ccccc6c5cc4N(c4ccc(C(C)(C)C)cc4-c4ccccc4)c4cc5c(oc6ccccc65)c(c43)-c3ccccc32)cc1. The van der Waals surface area contributed by atoms with E-state index in [1.807, 2.05) is 11.3 Å². The number of fused-ring (bicyclic) bond motifs is 11. The van der Waals surface area contributed by atoms with Gasteiger partial charge < -0.3 is 14.1 Å². The van der Waals surface area contributed by atoms with Gasteiger partial charge in [0, 0.05) is 70.4 Å². The van der Waals surface area contributed by atoms with Crippen LogP contribution in [0.5, 0.6) is 0 Å². The summed E-state index contributed by atoms with van der Waals surface area (Å²) in [5, 5.41) is 4.84. The molecule has 12 rings (SSSR count). The van der Waals surface area contributed by atoms with Crippen molar-refractivity contribution in [1.82, 2.24) is 0 Å². The van der Waals surface area contributed by atoms with Gasteiger partial charge in [0.05, 0.1) is 5.69 Å². The van der Waals surface area contributed by atoms with E-state index in [1.54, 1.807) is 0 Å². The molecule has 2 aliphatic heterocycles. The Bertz CT molecular complexity index is 3400. The lowest BCUT2D eigenvalue weighted by Crippen LogP contribution is -2.61. The molecule has 5 heteroatoms. The number of furan rings is 1. The molecule has 0 amide bonds. The van der Waals surface area contributed by atoms with Crippen LogP contribution in [0.3, 0.4) is 0 Å². The lowest BCUT2D eigenvalue weighted by atomic mass is 9.43. The maximum Gasteiger partial charge on any atom is 0.333 e. The molecule has 0 saturated carbocycles. The van der Waals surface area contributed by atoms with Crippen LogP contribution in [-0.2, 0) is 10.8 Å². The van der Waals surface area contributed by atoms with Gasteiger partial charge in [0.1, 0.15) is 11.2 Å². The Labute approximate surface area is 361 Å². The monoisotopic (exact) mass is 804 g/mol. The fourth-order valence-corrected chi connectivity index (χ4v) is 11.2. The number of hydrogen-bond donors (Lipinski definition) is 0. The molecule has 10 aromatic rings. The fourth-order valence-electron chi connectivity index (χ4n) is 10.1. The quantitative estimate of drug-likeness (QED) is 0.166. The van der Waals surface area contributed by atoms with Crippen molar-refractivity contribution < 1.29 is 4.42 Å². The largest absolute Gasteiger partial charge is 0.455 e. The van der Waals surface area contributed by atoms with E-state index in [4.69, 9.17) is 4.42 Å². The minimum Gasteiger partial charge on any atom is -0.455 e. The number of anilines is 5. The third-order valence-corrected chi connectivity index (χ3v) is 14.3. The molecule has 0 aliphatic carbocycles. The van der Waals surface area contributed by atoms with Gasteiger partial charge in [-0.3, -0.25) is 0 Å². The van der Waals surface area contributed by atoms with Crippen LogP contribution in [0.1, 0.15) is 52.7 Å². The highest BCUT2D eigenvalue weighted by molar-refractivity contribution is 7.26. The highest BCUT2D eigenvalue weighted by Gasteiger charge is 2.47. The number of hydrogen-bond acceptors (Lipinski definition) is 4. The third-order valence-electron chi connectivity index (χ3n) is 13.2. The summed E-state index contributed by atoms with van der Waals surface area (Å²) in [6.45, 7) is 13.7. The number of para-hydroxylation sites is 2. The first-order valence-corrected chi connectivity index (χ1v) is 22.3. The van der Waals surface area contributed by atoms with Crippen molar-refractivity contribution in [2.75, 3.05) is 9.71 Å². The van der Waals surface area contributed by atoms with Crippen molar-refractivity contribution in [2.24, 2.45) is 0 Å². The van der Waals surface area contributed by atoms with E-state index in [1.165, 1.54) is 87.2 Å². The molecule has 0 N–H and O–H groups in total. The molecule has 2 aromatic heterocycles. The molecule has 0 fully saturated rings. The van der Waals surface area contributed by atoms with Gasteiger partial charge in [-0.15, -0.1) is 11.3 Å². The van der Waals surface area contributed by atoms with Gasteiger partial charge in [-0.25, -0.2) is 0 Å². The van der Waals surface area contributed by atoms with E-state index in [2.05, 4.69) is 215 Å². The Kier molecular flexibility index (Phi) is 7.72. The second-order valence-electron chi connectivity index (χ2n) is 18.9.